The predicted octanol–water partition coefficient (Wildman–Crippen LogP) is 2.11. The third kappa shape index (κ3) is 9.25. The van der Waals surface area contributed by atoms with E-state index in [-0.39, 0.29) is 19.5 Å². The molecular weight excluding hydrogens is 608 g/mol. The first-order chi connectivity index (χ1) is 13.8. The summed E-state index contributed by atoms with van der Waals surface area (Å²) in [6.07, 6.45) is 1.91. The Morgan fingerprint density at radius 2 is 1.55 bits per heavy atom. The minimum atomic E-state index is -1.02. The van der Waals surface area contributed by atoms with Crippen LogP contribution in [0.3, 0.4) is 0 Å². The Labute approximate surface area is 196 Å². The summed E-state index contributed by atoms with van der Waals surface area (Å²) in [7, 11) is 0. The van der Waals surface area contributed by atoms with Gasteiger partial charge in [-0.2, -0.15) is 0 Å². The first kappa shape index (κ1) is 25.6. The van der Waals surface area contributed by atoms with Gasteiger partial charge in [0.1, 0.15) is 12.1 Å². The van der Waals surface area contributed by atoms with Gasteiger partial charge < -0.3 is 15.2 Å². The Morgan fingerprint density at radius 3 is 1.97 bits per heavy atom. The third-order valence-electron chi connectivity index (χ3n) is 3.88. The molecule has 0 aliphatic carbocycles. The van der Waals surface area contributed by atoms with E-state index in [9.17, 15) is 24.6 Å². The van der Waals surface area contributed by atoms with Gasteiger partial charge in [0.15, 0.2) is 0 Å². The summed E-state index contributed by atoms with van der Waals surface area (Å²) in [6.45, 7) is 4.37. The largest absolute Gasteiger partial charge is 0.480 e. The van der Waals surface area contributed by atoms with Gasteiger partial charge in [0.2, 0.25) is 6.08 Å². The van der Waals surface area contributed by atoms with E-state index in [0.29, 0.717) is 30.9 Å². The van der Waals surface area contributed by atoms with E-state index in [1.807, 2.05) is 45.7 Å². The highest BCUT2D eigenvalue weighted by Crippen LogP contribution is 2.18. The first-order valence-electron chi connectivity index (χ1n) is 8.51. The second kappa shape index (κ2) is 13.7. The Balaban J connectivity index is 2.82. The third-order valence-corrected chi connectivity index (χ3v) is 5.90. The Bertz CT molecular complexity index is 759. The highest BCUT2D eigenvalue weighted by atomic mass is 127. The number of aliphatic carboxylic acids is 2. The molecule has 1 rings (SSSR count). The number of carbonyl (C=O) groups excluding carboxylic acids is 1. The number of aliphatic imine (C=N–C) groups is 2. The molecule has 0 amide bonds. The van der Waals surface area contributed by atoms with Gasteiger partial charge in [0.25, 0.3) is 0 Å². The molecule has 1 heterocycles. The maximum Gasteiger partial charge on any atom is 0.321 e. The van der Waals surface area contributed by atoms with Gasteiger partial charge >= 0.3 is 11.9 Å². The quantitative estimate of drug-likeness (QED) is 0.138. The highest BCUT2D eigenvalue weighted by molar-refractivity contribution is 14.1. The molecule has 1 aromatic rings. The molecule has 0 fully saturated rings. The van der Waals surface area contributed by atoms with E-state index in [0.717, 1.165) is 0 Å². The number of carboxylic acids is 2. The summed E-state index contributed by atoms with van der Waals surface area (Å²) in [4.78, 5) is 44.8. The van der Waals surface area contributed by atoms with E-state index in [1.165, 1.54) is 6.08 Å². The van der Waals surface area contributed by atoms with Crippen LogP contribution in [-0.4, -0.2) is 71.3 Å². The molecule has 29 heavy (non-hydrogen) atoms. The average Bonchev–Trinajstić information content (AvgIpc) is 2.65. The SMILES string of the molecule is C=NCCC(C(=O)O)N(I)Cc1cccc(CN(I)C(CCN=C=O)C(=O)O)n1. The van der Waals surface area contributed by atoms with Crippen LogP contribution in [0.2, 0.25) is 0 Å². The molecule has 0 saturated carbocycles. The summed E-state index contributed by atoms with van der Waals surface area (Å²) < 4.78 is 3.24. The van der Waals surface area contributed by atoms with Crippen molar-refractivity contribution in [2.75, 3.05) is 13.1 Å². The van der Waals surface area contributed by atoms with Crippen LogP contribution < -0.4 is 0 Å². The zero-order valence-corrected chi connectivity index (χ0v) is 19.8. The van der Waals surface area contributed by atoms with Crippen molar-refractivity contribution in [3.8, 4) is 0 Å². The van der Waals surface area contributed by atoms with Crippen molar-refractivity contribution in [3.05, 3.63) is 29.6 Å². The lowest BCUT2D eigenvalue weighted by atomic mass is 10.2. The van der Waals surface area contributed by atoms with Crippen LogP contribution in [0.1, 0.15) is 24.2 Å². The fourth-order valence-electron chi connectivity index (χ4n) is 2.45. The molecule has 2 N–H and O–H groups in total. The Hall–Kier alpha value is -1.48. The molecule has 0 radical (unpaired) electrons. The number of rotatable bonds is 14. The topological polar surface area (TPSA) is 136 Å². The number of nitrogens with zero attached hydrogens (tertiary/aromatic N) is 5. The van der Waals surface area contributed by atoms with Gasteiger partial charge in [0.05, 0.1) is 31.0 Å². The van der Waals surface area contributed by atoms with Crippen LogP contribution in [-0.2, 0) is 27.5 Å². The number of hydrogen-bond acceptors (Lipinski definition) is 8. The standard InChI is InChI=1S/C17H21I2N5O5/c1-20-7-5-14(16(26)27)23(18)9-12-3-2-4-13(22-12)10-24(19)15(17(28)29)6-8-21-11-25/h2-4,14-15H,1,5-10H2,(H,26,27)(H,28,29). The number of pyridine rings is 1. The van der Waals surface area contributed by atoms with Crippen molar-refractivity contribution in [2.24, 2.45) is 9.98 Å². The smallest absolute Gasteiger partial charge is 0.321 e. The van der Waals surface area contributed by atoms with Crippen LogP contribution >= 0.6 is 45.7 Å². The molecule has 158 valence electrons. The van der Waals surface area contributed by atoms with E-state index >= 15 is 0 Å². The summed E-state index contributed by atoms with van der Waals surface area (Å²) in [5.74, 6) is -1.96. The molecule has 0 aliphatic heterocycles. The van der Waals surface area contributed by atoms with Crippen molar-refractivity contribution in [1.29, 1.82) is 0 Å². The average molecular weight is 629 g/mol. The second-order valence-corrected chi connectivity index (χ2v) is 8.42. The van der Waals surface area contributed by atoms with Crippen LogP contribution in [0.15, 0.2) is 28.2 Å². The zero-order chi connectivity index (χ0) is 21.8. The monoisotopic (exact) mass is 629 g/mol. The van der Waals surface area contributed by atoms with E-state index in [1.54, 1.807) is 24.4 Å². The minimum absolute atomic E-state index is 0.0768. The first-order valence-corrected chi connectivity index (χ1v) is 10.4. The molecular formula is C17H21I2N5O5. The van der Waals surface area contributed by atoms with Crippen molar-refractivity contribution >= 4 is 70.5 Å². The maximum atomic E-state index is 11.5. The normalized spacial score (nSPS) is 13.0. The lowest BCUT2D eigenvalue weighted by molar-refractivity contribution is -0.142. The number of aromatic nitrogens is 1. The maximum absolute atomic E-state index is 11.5. The zero-order valence-electron chi connectivity index (χ0n) is 15.4. The molecule has 1 aromatic heterocycles. The second-order valence-electron chi connectivity index (χ2n) is 5.94. The molecule has 2 unspecified atom stereocenters. The van der Waals surface area contributed by atoms with Gasteiger partial charge in [-0.25, -0.2) is 16.0 Å². The number of hydrogen-bond donors (Lipinski definition) is 2. The van der Waals surface area contributed by atoms with Gasteiger partial charge in [-0.05, 0) is 31.7 Å². The van der Waals surface area contributed by atoms with Crippen molar-refractivity contribution in [1.82, 2.24) is 11.2 Å². The van der Waals surface area contributed by atoms with Crippen molar-refractivity contribution in [3.63, 3.8) is 0 Å². The Morgan fingerprint density at radius 1 is 1.07 bits per heavy atom. The van der Waals surface area contributed by atoms with Gasteiger partial charge in [-0.15, -0.1) is 0 Å². The summed E-state index contributed by atoms with van der Waals surface area (Å²) >= 11 is 3.87. The molecule has 0 saturated heterocycles. The van der Waals surface area contributed by atoms with Crippen molar-refractivity contribution < 1.29 is 24.6 Å². The van der Waals surface area contributed by atoms with Gasteiger partial charge in [0, 0.05) is 52.3 Å². The van der Waals surface area contributed by atoms with Crippen LogP contribution in [0.4, 0.5) is 0 Å². The predicted molar refractivity (Wildman–Crippen MR) is 123 cm³/mol. The van der Waals surface area contributed by atoms with Crippen LogP contribution in [0.5, 0.6) is 0 Å². The summed E-state index contributed by atoms with van der Waals surface area (Å²) in [5, 5.41) is 18.8. The lowest BCUT2D eigenvalue weighted by Gasteiger charge is -2.23. The minimum Gasteiger partial charge on any atom is -0.480 e. The Kier molecular flexibility index (Phi) is 12.1. The van der Waals surface area contributed by atoms with Crippen LogP contribution in [0.25, 0.3) is 0 Å². The number of carbonyl (C=O) groups is 2. The number of halogens is 2. The number of carboxylic acid groups (broad SMARTS) is 2. The fourth-order valence-corrected chi connectivity index (χ4v) is 4.18. The van der Waals surface area contributed by atoms with Gasteiger partial charge in [-0.3, -0.25) is 14.6 Å². The molecule has 2 atom stereocenters. The van der Waals surface area contributed by atoms with Crippen molar-refractivity contribution in [2.45, 2.75) is 38.0 Å². The highest BCUT2D eigenvalue weighted by Gasteiger charge is 2.25. The molecule has 10 nitrogen and oxygen atoms in total. The summed E-state index contributed by atoms with van der Waals surface area (Å²) in [5.41, 5.74) is 1.31. The van der Waals surface area contributed by atoms with Gasteiger partial charge in [-0.1, -0.05) is 6.07 Å². The van der Waals surface area contributed by atoms with Crippen LogP contribution in [0, 0.1) is 0 Å². The molecule has 0 bridgehead atoms. The molecule has 0 aliphatic rings. The number of isocyanates is 1. The lowest BCUT2D eigenvalue weighted by Crippen LogP contribution is -2.35. The molecule has 12 heteroatoms. The molecule has 0 aromatic carbocycles. The molecule has 0 spiro atoms. The van der Waals surface area contributed by atoms with E-state index in [4.69, 9.17) is 0 Å². The van der Waals surface area contributed by atoms with E-state index < -0.39 is 24.0 Å². The fraction of sp³-hybridized carbons (Fsp3) is 0.471. The van der Waals surface area contributed by atoms with E-state index in [2.05, 4.69) is 21.7 Å². The summed E-state index contributed by atoms with van der Waals surface area (Å²) in [6, 6.07) is 3.79.